The van der Waals surface area contributed by atoms with Gasteiger partial charge < -0.3 is 60.9 Å². The van der Waals surface area contributed by atoms with Crippen LogP contribution in [0.15, 0.2) is 60.9 Å². The smallest absolute Gasteiger partial charge is 0.872 e. The van der Waals surface area contributed by atoms with Crippen molar-refractivity contribution >= 4 is 0 Å². The molecule has 3 aromatic rings. The summed E-state index contributed by atoms with van der Waals surface area (Å²) in [7, 11) is 4.15. The van der Waals surface area contributed by atoms with Crippen LogP contribution in [-0.4, -0.2) is 62.2 Å². The van der Waals surface area contributed by atoms with Gasteiger partial charge >= 0.3 is 33.0 Å². The summed E-state index contributed by atoms with van der Waals surface area (Å²) >= 11 is 0. The number of nitrogens with zero attached hydrogens (tertiary/aromatic N) is 7. The zero-order chi connectivity index (χ0) is 34.6. The van der Waals surface area contributed by atoms with E-state index in [0.29, 0.717) is 13.1 Å². The van der Waals surface area contributed by atoms with Gasteiger partial charge in [-0.2, -0.15) is 0 Å². The van der Waals surface area contributed by atoms with Gasteiger partial charge in [0.2, 0.25) is 0 Å². The topological polar surface area (TPSA) is 254 Å². The second-order valence-corrected chi connectivity index (χ2v) is 10.7. The average molecular weight is 749 g/mol. The van der Waals surface area contributed by atoms with Crippen LogP contribution in [-0.2, 0) is 64.3 Å². The SMILES string of the molecule is CN(CCc1ccccn1)Cc1cc(C(C)(C)C)cc(CN(C)CCc2ccccn2)c1[O-].O=[N+]([O-])[O-].O=[N+]([O-])[O-].O=[N+]([O-])[O-].[Ni+3].[Ni+3]. The predicted octanol–water partition coefficient (Wildman–Crippen LogP) is 3.47. The van der Waals surface area contributed by atoms with Crippen LogP contribution in [0.5, 0.6) is 5.75 Å². The maximum atomic E-state index is 13.4. The first-order valence-corrected chi connectivity index (χ1v) is 13.4. The standard InChI is InChI=1S/C28H38N4O.3NO3.2Ni/c1-28(2,3)24-18-22(20-31(4)16-12-25-10-6-8-14-29-25)27(33)23(19-24)21-32(5)17-13-26-11-7-9-15-30-26;3*2-1(3)4;;/h6-11,14-15,18-19,33H,12-13,16-17,20-21H2,1-5H3;;;;;/q;3*-1;2*+3/p-1. The van der Waals surface area contributed by atoms with E-state index in [1.807, 2.05) is 48.8 Å². The van der Waals surface area contributed by atoms with E-state index in [1.54, 1.807) is 0 Å². The molecule has 0 atom stereocenters. The number of likely N-dealkylation sites (N-methyl/N-ethyl adjacent to an activating group) is 2. The maximum Gasteiger partial charge on any atom is 3.00 e. The minimum Gasteiger partial charge on any atom is -0.872 e. The molecule has 0 saturated carbocycles. The summed E-state index contributed by atoms with van der Waals surface area (Å²) in [5.41, 5.74) is 5.09. The molecule has 0 bridgehead atoms. The van der Waals surface area contributed by atoms with Crippen LogP contribution in [0.2, 0.25) is 0 Å². The molecule has 3 rings (SSSR count). The van der Waals surface area contributed by atoms with Gasteiger partial charge in [-0.25, -0.2) is 0 Å². The Labute approximate surface area is 292 Å². The summed E-state index contributed by atoms with van der Waals surface area (Å²) < 4.78 is 0. The summed E-state index contributed by atoms with van der Waals surface area (Å²) in [6.45, 7) is 9.60. The van der Waals surface area contributed by atoms with Crippen LogP contribution in [0.4, 0.5) is 0 Å². The Bertz CT molecular complexity index is 1210. The van der Waals surface area contributed by atoms with E-state index in [0.717, 1.165) is 48.4 Å². The number of rotatable bonds is 10. The first kappa shape index (κ1) is 47.2. The Balaban J connectivity index is -0.00000119. The van der Waals surface area contributed by atoms with E-state index < -0.39 is 15.3 Å². The molecule has 47 heavy (non-hydrogen) atoms. The number of hydrogen-bond acceptors (Lipinski definition) is 14. The van der Waals surface area contributed by atoms with Crippen molar-refractivity contribution in [1.82, 2.24) is 19.8 Å². The van der Waals surface area contributed by atoms with E-state index in [9.17, 15) is 5.11 Å². The largest absolute Gasteiger partial charge is 3.00 e. The van der Waals surface area contributed by atoms with E-state index in [-0.39, 0.29) is 44.1 Å². The third-order valence-corrected chi connectivity index (χ3v) is 5.94. The number of aromatic nitrogens is 2. The van der Waals surface area contributed by atoms with Gasteiger partial charge in [0.15, 0.2) is 0 Å². The Morgan fingerprint density at radius 3 is 1.23 bits per heavy atom. The number of pyridine rings is 2. The van der Waals surface area contributed by atoms with Crippen LogP contribution >= 0.6 is 0 Å². The molecule has 0 fully saturated rings. The van der Waals surface area contributed by atoms with Crippen LogP contribution < -0.4 is 5.11 Å². The van der Waals surface area contributed by atoms with Crippen LogP contribution in [0, 0.1) is 46.0 Å². The van der Waals surface area contributed by atoms with E-state index in [1.165, 1.54) is 5.56 Å². The van der Waals surface area contributed by atoms with Crippen molar-refractivity contribution in [3.8, 4) is 5.75 Å². The molecule has 0 unspecified atom stereocenters. The van der Waals surface area contributed by atoms with Gasteiger partial charge in [0.05, 0.1) is 15.3 Å². The quantitative estimate of drug-likeness (QED) is 0.163. The van der Waals surface area contributed by atoms with Gasteiger partial charge in [-0.3, -0.25) is 9.97 Å². The zero-order valence-electron chi connectivity index (χ0n) is 26.4. The Kier molecular flexibility index (Phi) is 25.1. The molecule has 0 amide bonds. The van der Waals surface area contributed by atoms with Gasteiger partial charge in [-0.1, -0.05) is 50.8 Å². The van der Waals surface area contributed by atoms with Gasteiger partial charge in [-0.15, -0.1) is 0 Å². The Morgan fingerprint density at radius 1 is 0.660 bits per heavy atom. The van der Waals surface area contributed by atoms with E-state index in [2.05, 4.69) is 66.8 Å². The van der Waals surface area contributed by atoms with Gasteiger partial charge in [0, 0.05) is 62.8 Å². The summed E-state index contributed by atoms with van der Waals surface area (Å²) in [6.07, 6.45) is 5.39. The maximum absolute atomic E-state index is 13.4. The minimum atomic E-state index is -1.75. The molecule has 0 aliphatic carbocycles. The molecule has 0 N–H and O–H groups in total. The second kappa shape index (κ2) is 25.0. The zero-order valence-corrected chi connectivity index (χ0v) is 28.3. The molecule has 2 heterocycles. The Morgan fingerprint density at radius 2 is 0.979 bits per heavy atom. The fourth-order valence-corrected chi connectivity index (χ4v) is 3.86. The van der Waals surface area contributed by atoms with Crippen LogP contribution in [0.3, 0.4) is 0 Å². The fourth-order valence-electron chi connectivity index (χ4n) is 3.86. The third-order valence-electron chi connectivity index (χ3n) is 5.94. The summed E-state index contributed by atoms with van der Waals surface area (Å²) in [6, 6.07) is 16.2. The van der Waals surface area contributed by atoms with Crippen molar-refractivity contribution in [1.29, 1.82) is 0 Å². The van der Waals surface area contributed by atoms with Crippen LogP contribution in [0.25, 0.3) is 0 Å². The summed E-state index contributed by atoms with van der Waals surface area (Å²) in [5, 5.41) is 57.6. The van der Waals surface area contributed by atoms with E-state index >= 15 is 0 Å². The molecule has 0 saturated heterocycles. The predicted molar refractivity (Wildman–Crippen MR) is 164 cm³/mol. The van der Waals surface area contributed by atoms with Crippen molar-refractivity contribution in [2.24, 2.45) is 0 Å². The molecule has 0 spiro atoms. The second-order valence-electron chi connectivity index (χ2n) is 10.7. The van der Waals surface area contributed by atoms with Crippen molar-refractivity contribution in [3.05, 3.63) is 135 Å². The fraction of sp³-hybridized carbons (Fsp3) is 0.429. The minimum absolute atomic E-state index is 0. The molecule has 262 valence electrons. The van der Waals surface area contributed by atoms with Gasteiger partial charge in [0.25, 0.3) is 0 Å². The summed E-state index contributed by atoms with van der Waals surface area (Å²) in [4.78, 5) is 38.0. The molecule has 2 radical (unpaired) electrons. The first-order chi connectivity index (χ1) is 20.9. The number of benzene rings is 1. The average Bonchev–Trinajstić information content (AvgIpc) is 2.92. The molecular formula is C28H37N7Ni2O10+2. The van der Waals surface area contributed by atoms with Crippen molar-refractivity contribution in [2.75, 3.05) is 27.2 Å². The molecule has 1 aromatic carbocycles. The Hall–Kier alpha value is -4.17. The molecule has 19 heteroatoms. The number of hydrogen-bond donors (Lipinski definition) is 0. The molecular weight excluding hydrogens is 712 g/mol. The molecule has 17 nitrogen and oxygen atoms in total. The van der Waals surface area contributed by atoms with Crippen molar-refractivity contribution in [2.45, 2.75) is 52.1 Å². The third kappa shape index (κ3) is 24.7. The van der Waals surface area contributed by atoms with Crippen LogP contribution in [0.1, 0.15) is 48.8 Å². The first-order valence-electron chi connectivity index (χ1n) is 13.4. The summed E-state index contributed by atoms with van der Waals surface area (Å²) in [5.74, 6) is 0.164. The van der Waals surface area contributed by atoms with Crippen molar-refractivity contribution in [3.63, 3.8) is 0 Å². The van der Waals surface area contributed by atoms with Gasteiger partial charge in [-0.05, 0) is 60.5 Å². The molecule has 0 aliphatic rings. The molecule has 2 aromatic heterocycles. The van der Waals surface area contributed by atoms with Gasteiger partial charge in [0.1, 0.15) is 0 Å². The van der Waals surface area contributed by atoms with E-state index in [4.69, 9.17) is 46.0 Å². The normalized spacial score (nSPS) is 9.94. The molecule has 0 aliphatic heterocycles. The van der Waals surface area contributed by atoms with Crippen molar-refractivity contribution < 1.29 is 53.3 Å². The monoisotopic (exact) mass is 747 g/mol.